The van der Waals surface area contributed by atoms with Crippen molar-refractivity contribution >= 4 is 11.5 Å². The summed E-state index contributed by atoms with van der Waals surface area (Å²) in [6.07, 6.45) is 2.54. The molecule has 1 saturated heterocycles. The highest BCUT2D eigenvalue weighted by molar-refractivity contribution is 5.56. The fourth-order valence-corrected chi connectivity index (χ4v) is 2.74. The standard InChI is InChI=1S/C11H14N4O3/c12-8-6-3-5-18-10(6)9(8)14-11-7(15(16)17)2-1-4-13-11/h1-2,4,6,8-10H,3,5,12H2,(H,13,14). The number of rotatable bonds is 3. The molecule has 1 aromatic rings. The normalized spacial score (nSPS) is 33.6. The lowest BCUT2D eigenvalue weighted by atomic mass is 9.72. The van der Waals surface area contributed by atoms with Gasteiger partial charge in [-0.25, -0.2) is 4.98 Å². The number of ether oxygens (including phenoxy) is 1. The highest BCUT2D eigenvalue weighted by Gasteiger charge is 2.52. The van der Waals surface area contributed by atoms with Gasteiger partial charge in [-0.05, 0) is 12.5 Å². The van der Waals surface area contributed by atoms with Crippen molar-refractivity contribution in [2.24, 2.45) is 11.7 Å². The fraction of sp³-hybridized carbons (Fsp3) is 0.545. The van der Waals surface area contributed by atoms with Crippen LogP contribution in [0.15, 0.2) is 18.3 Å². The molecule has 0 spiro atoms. The molecule has 0 amide bonds. The third kappa shape index (κ3) is 1.63. The molecule has 2 fully saturated rings. The Hall–Kier alpha value is -1.73. The minimum absolute atomic E-state index is 0.0286. The van der Waals surface area contributed by atoms with Gasteiger partial charge in [-0.1, -0.05) is 0 Å². The second-order valence-electron chi connectivity index (χ2n) is 4.66. The van der Waals surface area contributed by atoms with Crippen molar-refractivity contribution in [1.82, 2.24) is 4.98 Å². The van der Waals surface area contributed by atoms with E-state index in [1.807, 2.05) is 0 Å². The van der Waals surface area contributed by atoms with Crippen LogP contribution in [-0.4, -0.2) is 34.7 Å². The Balaban J connectivity index is 1.79. The lowest BCUT2D eigenvalue weighted by molar-refractivity contribution is -0.384. The second kappa shape index (κ2) is 4.18. The van der Waals surface area contributed by atoms with Gasteiger partial charge in [-0.15, -0.1) is 0 Å². The molecule has 7 heteroatoms. The molecule has 2 aliphatic rings. The average molecular weight is 250 g/mol. The Labute approximate surface area is 103 Å². The summed E-state index contributed by atoms with van der Waals surface area (Å²) >= 11 is 0. The number of fused-ring (bicyclic) bond motifs is 1. The van der Waals surface area contributed by atoms with Gasteiger partial charge in [0.25, 0.3) is 0 Å². The van der Waals surface area contributed by atoms with E-state index in [1.165, 1.54) is 12.3 Å². The first kappa shape index (κ1) is 11.4. The number of anilines is 1. The topological polar surface area (TPSA) is 103 Å². The van der Waals surface area contributed by atoms with E-state index >= 15 is 0 Å². The Bertz CT molecular complexity index is 481. The van der Waals surface area contributed by atoms with E-state index in [0.717, 1.165) is 6.42 Å². The highest BCUT2D eigenvalue weighted by atomic mass is 16.6. The molecule has 3 N–H and O–H groups in total. The van der Waals surface area contributed by atoms with Gasteiger partial charge in [-0.3, -0.25) is 10.1 Å². The lowest BCUT2D eigenvalue weighted by Crippen LogP contribution is -2.65. The monoisotopic (exact) mass is 250 g/mol. The first-order valence-corrected chi connectivity index (χ1v) is 5.91. The van der Waals surface area contributed by atoms with E-state index in [9.17, 15) is 10.1 Å². The van der Waals surface area contributed by atoms with Crippen molar-refractivity contribution in [2.75, 3.05) is 11.9 Å². The van der Waals surface area contributed by atoms with Gasteiger partial charge >= 0.3 is 5.69 Å². The minimum atomic E-state index is -0.452. The molecule has 1 aliphatic carbocycles. The van der Waals surface area contributed by atoms with Crippen LogP contribution in [0.25, 0.3) is 0 Å². The Kier molecular flexibility index (Phi) is 2.64. The first-order valence-electron chi connectivity index (χ1n) is 5.91. The summed E-state index contributed by atoms with van der Waals surface area (Å²) in [5.41, 5.74) is 6.01. The van der Waals surface area contributed by atoms with Crippen molar-refractivity contribution in [3.05, 3.63) is 28.4 Å². The van der Waals surface area contributed by atoms with Crippen LogP contribution in [0.3, 0.4) is 0 Å². The van der Waals surface area contributed by atoms with Crippen LogP contribution in [0, 0.1) is 16.0 Å². The van der Waals surface area contributed by atoms with Gasteiger partial charge in [0.1, 0.15) is 0 Å². The molecule has 7 nitrogen and oxygen atoms in total. The molecule has 18 heavy (non-hydrogen) atoms. The summed E-state index contributed by atoms with van der Waals surface area (Å²) in [5, 5.41) is 13.9. The van der Waals surface area contributed by atoms with Crippen LogP contribution in [0.2, 0.25) is 0 Å². The molecular formula is C11H14N4O3. The molecule has 2 heterocycles. The van der Waals surface area contributed by atoms with Crippen molar-refractivity contribution in [1.29, 1.82) is 0 Å². The van der Waals surface area contributed by atoms with Crippen LogP contribution < -0.4 is 11.1 Å². The SMILES string of the molecule is NC1C2CCOC2C1Nc1ncccc1[N+](=O)[O-]. The average Bonchev–Trinajstić information content (AvgIpc) is 2.81. The Morgan fingerprint density at radius 3 is 3.22 bits per heavy atom. The number of nitrogens with two attached hydrogens (primary N) is 1. The molecule has 4 atom stereocenters. The maximum Gasteiger partial charge on any atom is 0.311 e. The zero-order chi connectivity index (χ0) is 12.7. The summed E-state index contributed by atoms with van der Waals surface area (Å²) in [6.45, 7) is 0.714. The minimum Gasteiger partial charge on any atom is -0.376 e. The van der Waals surface area contributed by atoms with Gasteiger partial charge in [0.15, 0.2) is 0 Å². The molecular weight excluding hydrogens is 236 g/mol. The van der Waals surface area contributed by atoms with Crippen molar-refractivity contribution < 1.29 is 9.66 Å². The van der Waals surface area contributed by atoms with E-state index in [2.05, 4.69) is 10.3 Å². The molecule has 0 aromatic carbocycles. The zero-order valence-electron chi connectivity index (χ0n) is 9.65. The Morgan fingerprint density at radius 2 is 2.44 bits per heavy atom. The summed E-state index contributed by atoms with van der Waals surface area (Å²) < 4.78 is 5.57. The van der Waals surface area contributed by atoms with Crippen molar-refractivity contribution in [3.63, 3.8) is 0 Å². The number of nitrogens with zero attached hydrogens (tertiary/aromatic N) is 2. The maximum atomic E-state index is 10.9. The zero-order valence-corrected chi connectivity index (χ0v) is 9.65. The van der Waals surface area contributed by atoms with Crippen LogP contribution in [0.1, 0.15) is 6.42 Å². The van der Waals surface area contributed by atoms with Gasteiger partial charge in [0.05, 0.1) is 17.1 Å². The molecule has 3 rings (SSSR count). The number of nitrogens with one attached hydrogen (secondary N) is 1. The largest absolute Gasteiger partial charge is 0.376 e. The summed E-state index contributed by atoms with van der Waals surface area (Å²) in [6, 6.07) is 2.84. The molecule has 0 bridgehead atoms. The van der Waals surface area contributed by atoms with E-state index in [0.29, 0.717) is 12.5 Å². The van der Waals surface area contributed by atoms with Gasteiger partial charge in [0.2, 0.25) is 5.82 Å². The molecule has 96 valence electrons. The Morgan fingerprint density at radius 1 is 1.61 bits per heavy atom. The maximum absolute atomic E-state index is 10.9. The highest BCUT2D eigenvalue weighted by Crippen LogP contribution is 2.39. The summed E-state index contributed by atoms with van der Waals surface area (Å²) in [4.78, 5) is 14.4. The fourth-order valence-electron chi connectivity index (χ4n) is 2.74. The van der Waals surface area contributed by atoms with E-state index in [4.69, 9.17) is 10.5 Å². The van der Waals surface area contributed by atoms with E-state index in [1.54, 1.807) is 6.07 Å². The van der Waals surface area contributed by atoms with Crippen molar-refractivity contribution in [3.8, 4) is 0 Å². The predicted octanol–water partition coefficient (Wildman–Crippen LogP) is 0.516. The second-order valence-corrected chi connectivity index (χ2v) is 4.66. The molecule has 1 saturated carbocycles. The molecule has 1 aromatic heterocycles. The summed E-state index contributed by atoms with van der Waals surface area (Å²) in [7, 11) is 0. The van der Waals surface area contributed by atoms with Crippen LogP contribution in [-0.2, 0) is 4.74 Å². The lowest BCUT2D eigenvalue weighted by Gasteiger charge is -2.45. The van der Waals surface area contributed by atoms with Gasteiger partial charge < -0.3 is 15.8 Å². The first-order chi connectivity index (χ1) is 8.68. The van der Waals surface area contributed by atoms with Gasteiger partial charge in [-0.2, -0.15) is 0 Å². The number of nitro groups is 1. The van der Waals surface area contributed by atoms with Crippen molar-refractivity contribution in [2.45, 2.75) is 24.6 Å². The summed E-state index contributed by atoms with van der Waals surface area (Å²) in [5.74, 6) is 0.627. The third-order valence-corrected chi connectivity index (χ3v) is 3.73. The van der Waals surface area contributed by atoms with E-state index < -0.39 is 4.92 Å². The number of hydrogen-bond donors (Lipinski definition) is 2. The molecule has 1 aliphatic heterocycles. The quantitative estimate of drug-likeness (QED) is 0.598. The number of hydrogen-bond acceptors (Lipinski definition) is 6. The van der Waals surface area contributed by atoms with Crippen LogP contribution in [0.5, 0.6) is 0 Å². The van der Waals surface area contributed by atoms with Gasteiger partial charge in [0, 0.05) is 30.8 Å². The van der Waals surface area contributed by atoms with Crippen LogP contribution >= 0.6 is 0 Å². The smallest absolute Gasteiger partial charge is 0.311 e. The number of aromatic nitrogens is 1. The van der Waals surface area contributed by atoms with Crippen LogP contribution in [0.4, 0.5) is 11.5 Å². The molecule has 0 radical (unpaired) electrons. The number of pyridine rings is 1. The third-order valence-electron chi connectivity index (χ3n) is 3.73. The predicted molar refractivity (Wildman–Crippen MR) is 64.1 cm³/mol. The van der Waals surface area contributed by atoms with E-state index in [-0.39, 0.29) is 29.7 Å². The molecule has 4 unspecified atom stereocenters.